The fourth-order valence-corrected chi connectivity index (χ4v) is 4.82. The number of carboxylic acid groups (broad SMARTS) is 1. The maximum absolute atomic E-state index is 13.9. The molecule has 2 aromatic rings. The summed E-state index contributed by atoms with van der Waals surface area (Å²) in [6.07, 6.45) is 3.34. The van der Waals surface area contributed by atoms with Crippen molar-refractivity contribution in [3.05, 3.63) is 70.0 Å². The molecule has 0 bridgehead atoms. The van der Waals surface area contributed by atoms with Crippen molar-refractivity contribution in [3.63, 3.8) is 0 Å². The smallest absolute Gasteiger partial charge is 0.310 e. The maximum atomic E-state index is 13.9. The zero-order valence-corrected chi connectivity index (χ0v) is 17.2. The molecule has 4 nitrogen and oxygen atoms in total. The molecule has 1 N–H and O–H groups in total. The lowest BCUT2D eigenvalue weighted by Crippen LogP contribution is -2.38. The van der Waals surface area contributed by atoms with E-state index < -0.39 is 11.4 Å². The molecular weight excluding hydrogens is 381 g/mol. The Morgan fingerprint density at radius 2 is 1.90 bits per heavy atom. The van der Waals surface area contributed by atoms with E-state index in [2.05, 4.69) is 17.9 Å². The second kappa shape index (κ2) is 7.24. The molecule has 2 heterocycles. The average molecular weight is 407 g/mol. The van der Waals surface area contributed by atoms with Gasteiger partial charge in [0.25, 0.3) is 0 Å². The molecule has 0 aromatic heterocycles. The van der Waals surface area contributed by atoms with Gasteiger partial charge in [0.05, 0.1) is 5.41 Å². The van der Waals surface area contributed by atoms with Gasteiger partial charge in [-0.2, -0.15) is 0 Å². The van der Waals surface area contributed by atoms with E-state index in [1.165, 1.54) is 17.2 Å². The lowest BCUT2D eigenvalue weighted by atomic mass is 9.86. The Morgan fingerprint density at radius 1 is 1.13 bits per heavy atom. The lowest BCUT2D eigenvalue weighted by Gasteiger charge is -2.32. The van der Waals surface area contributed by atoms with Crippen molar-refractivity contribution in [1.82, 2.24) is 4.90 Å². The summed E-state index contributed by atoms with van der Waals surface area (Å²) in [7, 11) is 0. The number of hydrogen-bond donors (Lipinski definition) is 1. The maximum Gasteiger partial charge on any atom is 0.310 e. The minimum absolute atomic E-state index is 0.248. The summed E-state index contributed by atoms with van der Waals surface area (Å²) in [4.78, 5) is 13.9. The number of ether oxygens (including phenoxy) is 1. The van der Waals surface area contributed by atoms with Crippen LogP contribution in [0.25, 0.3) is 5.57 Å². The molecule has 5 heteroatoms. The molecular formula is C25H26FNO3. The Morgan fingerprint density at radius 3 is 2.60 bits per heavy atom. The highest BCUT2D eigenvalue weighted by atomic mass is 19.1. The van der Waals surface area contributed by atoms with Gasteiger partial charge in [0, 0.05) is 30.8 Å². The van der Waals surface area contributed by atoms with Crippen molar-refractivity contribution in [3.8, 4) is 5.75 Å². The quantitative estimate of drug-likeness (QED) is 0.795. The average Bonchev–Trinajstić information content (AvgIpc) is 3.52. The van der Waals surface area contributed by atoms with Gasteiger partial charge >= 0.3 is 5.97 Å². The zero-order valence-electron chi connectivity index (χ0n) is 17.2. The summed E-state index contributed by atoms with van der Waals surface area (Å²) in [5, 5.41) is 9.51. The third-order valence-corrected chi connectivity index (χ3v) is 6.77. The van der Waals surface area contributed by atoms with Crippen molar-refractivity contribution in [2.75, 3.05) is 19.6 Å². The van der Waals surface area contributed by atoms with Crippen molar-refractivity contribution in [2.24, 2.45) is 5.41 Å². The van der Waals surface area contributed by atoms with E-state index in [9.17, 15) is 14.3 Å². The number of fused-ring (bicyclic) bond motifs is 2. The van der Waals surface area contributed by atoms with Crippen molar-refractivity contribution in [1.29, 1.82) is 0 Å². The molecule has 156 valence electrons. The molecule has 2 fully saturated rings. The van der Waals surface area contributed by atoms with Gasteiger partial charge in [-0.1, -0.05) is 23.3 Å². The molecule has 2 aromatic carbocycles. The summed E-state index contributed by atoms with van der Waals surface area (Å²) < 4.78 is 20.0. The molecule has 5 rings (SSSR count). The summed E-state index contributed by atoms with van der Waals surface area (Å²) in [6.45, 7) is 4.78. The predicted octanol–water partition coefficient (Wildman–Crippen LogP) is 4.79. The second-order valence-corrected chi connectivity index (χ2v) is 8.93. The number of halogens is 1. The van der Waals surface area contributed by atoms with Crippen molar-refractivity contribution < 1.29 is 19.0 Å². The Bertz CT molecular complexity index is 1040. The molecule has 1 saturated carbocycles. The minimum atomic E-state index is -0.659. The number of benzene rings is 2. The van der Waals surface area contributed by atoms with Crippen LogP contribution in [0.1, 0.15) is 47.9 Å². The van der Waals surface area contributed by atoms with Crippen LogP contribution in [-0.4, -0.2) is 35.6 Å². The molecule has 1 aliphatic carbocycles. The van der Waals surface area contributed by atoms with Crippen molar-refractivity contribution in [2.45, 2.75) is 39.2 Å². The van der Waals surface area contributed by atoms with Crippen LogP contribution in [0.4, 0.5) is 4.39 Å². The highest BCUT2D eigenvalue weighted by Gasteiger charge is 2.51. The lowest BCUT2D eigenvalue weighted by molar-refractivity contribution is -0.144. The Hall–Kier alpha value is -2.66. The molecule has 2 aliphatic heterocycles. The van der Waals surface area contributed by atoms with E-state index >= 15 is 0 Å². The van der Waals surface area contributed by atoms with Gasteiger partial charge in [0.1, 0.15) is 18.2 Å². The Labute approximate surface area is 176 Å². The van der Waals surface area contributed by atoms with Gasteiger partial charge in [0.2, 0.25) is 0 Å². The van der Waals surface area contributed by atoms with Crippen LogP contribution >= 0.6 is 0 Å². The van der Waals surface area contributed by atoms with Gasteiger partial charge in [-0.15, -0.1) is 0 Å². The van der Waals surface area contributed by atoms with Crippen LogP contribution in [0.15, 0.2) is 42.0 Å². The van der Waals surface area contributed by atoms with Crippen LogP contribution in [-0.2, 0) is 11.4 Å². The molecule has 0 amide bonds. The first-order chi connectivity index (χ1) is 14.4. The van der Waals surface area contributed by atoms with E-state index in [0.717, 1.165) is 66.8 Å². The van der Waals surface area contributed by atoms with Crippen LogP contribution in [0.2, 0.25) is 0 Å². The summed E-state index contributed by atoms with van der Waals surface area (Å²) in [5.74, 6) is -0.0695. The first kappa shape index (κ1) is 19.3. The third kappa shape index (κ3) is 3.41. The molecule has 1 saturated heterocycles. The van der Waals surface area contributed by atoms with E-state index in [-0.39, 0.29) is 5.82 Å². The molecule has 0 atom stereocenters. The van der Waals surface area contributed by atoms with E-state index in [1.54, 1.807) is 6.07 Å². The minimum Gasteiger partial charge on any atom is -0.488 e. The standard InChI is InChI=1S/C25H26FNO3/c1-16-2-5-22-21(12-16)23(20-4-3-19(26)13-18(20)14-30-22)17-6-10-27(11-7-17)15-25(8-9-25)24(28)29/h2-5,12-13H,6-11,14-15H2,1H3,(H,28,29). The monoisotopic (exact) mass is 407 g/mol. The number of nitrogens with zero attached hydrogens (tertiary/aromatic N) is 1. The van der Waals surface area contributed by atoms with Gasteiger partial charge in [-0.05, 0) is 68.0 Å². The number of likely N-dealkylation sites (tertiary alicyclic amines) is 1. The SMILES string of the molecule is Cc1ccc2c(c1)C(=C1CCN(CC3(C(=O)O)CC3)CC1)c1ccc(F)cc1CO2. The van der Waals surface area contributed by atoms with E-state index in [0.29, 0.717) is 13.2 Å². The van der Waals surface area contributed by atoms with Gasteiger partial charge in [-0.3, -0.25) is 4.79 Å². The first-order valence-electron chi connectivity index (χ1n) is 10.7. The first-order valence-corrected chi connectivity index (χ1v) is 10.7. The van der Waals surface area contributed by atoms with E-state index in [4.69, 9.17) is 4.74 Å². The topological polar surface area (TPSA) is 49.8 Å². The summed E-state index contributed by atoms with van der Waals surface area (Å²) in [6, 6.07) is 11.2. The highest BCUT2D eigenvalue weighted by Crippen LogP contribution is 2.47. The number of carbonyl (C=O) groups is 1. The summed E-state index contributed by atoms with van der Waals surface area (Å²) >= 11 is 0. The second-order valence-electron chi connectivity index (χ2n) is 8.93. The van der Waals surface area contributed by atoms with Crippen LogP contribution in [0.5, 0.6) is 5.75 Å². The zero-order chi connectivity index (χ0) is 20.9. The fraction of sp³-hybridized carbons (Fsp3) is 0.400. The normalized spacial score (nSPS) is 20.1. The number of hydrogen-bond acceptors (Lipinski definition) is 3. The molecule has 0 radical (unpaired) electrons. The Balaban J connectivity index is 1.51. The summed E-state index contributed by atoms with van der Waals surface area (Å²) in [5.41, 5.74) is 6.15. The molecule has 30 heavy (non-hydrogen) atoms. The number of rotatable bonds is 3. The third-order valence-electron chi connectivity index (χ3n) is 6.77. The van der Waals surface area contributed by atoms with Gasteiger partial charge < -0.3 is 14.7 Å². The number of aryl methyl sites for hydroxylation is 1. The molecule has 0 unspecified atom stereocenters. The van der Waals surface area contributed by atoms with Crippen LogP contribution in [0, 0.1) is 18.2 Å². The van der Waals surface area contributed by atoms with Gasteiger partial charge in [0.15, 0.2) is 0 Å². The Kier molecular flexibility index (Phi) is 4.66. The number of piperidine rings is 1. The molecule has 3 aliphatic rings. The van der Waals surface area contributed by atoms with Crippen LogP contribution in [0.3, 0.4) is 0 Å². The van der Waals surface area contributed by atoms with E-state index in [1.807, 2.05) is 18.2 Å². The predicted molar refractivity (Wildman–Crippen MR) is 113 cm³/mol. The largest absolute Gasteiger partial charge is 0.488 e. The number of aliphatic carboxylic acids is 1. The molecule has 0 spiro atoms. The van der Waals surface area contributed by atoms with Crippen molar-refractivity contribution >= 4 is 11.5 Å². The number of carboxylic acids is 1. The van der Waals surface area contributed by atoms with Gasteiger partial charge in [-0.25, -0.2) is 4.39 Å². The fourth-order valence-electron chi connectivity index (χ4n) is 4.82. The highest BCUT2D eigenvalue weighted by molar-refractivity contribution is 5.87. The van der Waals surface area contributed by atoms with Crippen LogP contribution < -0.4 is 4.74 Å².